The number of nitro benzene ring substituents is 1. The van der Waals surface area contributed by atoms with Crippen LogP contribution in [0.15, 0.2) is 54.7 Å². The Kier molecular flexibility index (Phi) is 5.94. The van der Waals surface area contributed by atoms with Crippen LogP contribution in [0.4, 0.5) is 28.6 Å². The Balaban J connectivity index is 1.41. The zero-order valence-corrected chi connectivity index (χ0v) is 17.2. The predicted molar refractivity (Wildman–Crippen MR) is 119 cm³/mol. The van der Waals surface area contributed by atoms with E-state index in [9.17, 15) is 14.9 Å². The van der Waals surface area contributed by atoms with E-state index in [4.69, 9.17) is 11.6 Å². The minimum absolute atomic E-state index is 0.0152. The highest BCUT2D eigenvalue weighted by Crippen LogP contribution is 2.25. The van der Waals surface area contributed by atoms with Crippen LogP contribution in [0.1, 0.15) is 23.2 Å². The van der Waals surface area contributed by atoms with Crippen molar-refractivity contribution in [2.45, 2.75) is 12.8 Å². The fourth-order valence-corrected chi connectivity index (χ4v) is 3.61. The fourth-order valence-electron chi connectivity index (χ4n) is 3.35. The van der Waals surface area contributed by atoms with Gasteiger partial charge in [0.15, 0.2) is 5.82 Å². The lowest BCUT2D eigenvalue weighted by molar-refractivity contribution is -0.384. The van der Waals surface area contributed by atoms with Gasteiger partial charge in [0.05, 0.1) is 27.4 Å². The van der Waals surface area contributed by atoms with E-state index >= 15 is 0 Å². The first kappa shape index (κ1) is 20.5. The monoisotopic (exact) mass is 438 g/mol. The number of nitro groups is 1. The Bertz CT molecular complexity index is 1120. The van der Waals surface area contributed by atoms with Gasteiger partial charge in [-0.25, -0.2) is 0 Å². The van der Waals surface area contributed by atoms with Crippen LogP contribution < -0.4 is 15.5 Å². The summed E-state index contributed by atoms with van der Waals surface area (Å²) in [5.41, 5.74) is 2.37. The van der Waals surface area contributed by atoms with Crippen molar-refractivity contribution in [2.75, 3.05) is 28.6 Å². The maximum Gasteiger partial charge on any atom is 0.270 e. The van der Waals surface area contributed by atoms with Crippen molar-refractivity contribution in [3.63, 3.8) is 0 Å². The van der Waals surface area contributed by atoms with Gasteiger partial charge >= 0.3 is 0 Å². The Labute approximate surface area is 183 Å². The average Bonchev–Trinajstić information content (AvgIpc) is 3.30. The van der Waals surface area contributed by atoms with E-state index in [2.05, 4.69) is 25.7 Å². The number of aromatic nitrogens is 2. The topological polar surface area (TPSA) is 113 Å². The normalized spacial score (nSPS) is 13.1. The van der Waals surface area contributed by atoms with Crippen molar-refractivity contribution in [2.24, 2.45) is 0 Å². The van der Waals surface area contributed by atoms with Gasteiger partial charge in [0.1, 0.15) is 0 Å². The van der Waals surface area contributed by atoms with Crippen LogP contribution in [0.3, 0.4) is 0 Å². The predicted octanol–water partition coefficient (Wildman–Crippen LogP) is 4.63. The summed E-state index contributed by atoms with van der Waals surface area (Å²) in [6, 6.07) is 12.8. The average molecular weight is 439 g/mol. The second kappa shape index (κ2) is 8.97. The number of halogens is 1. The van der Waals surface area contributed by atoms with Crippen LogP contribution in [-0.2, 0) is 0 Å². The molecule has 1 saturated heterocycles. The van der Waals surface area contributed by atoms with Gasteiger partial charge in [-0.3, -0.25) is 14.9 Å². The molecule has 1 fully saturated rings. The highest BCUT2D eigenvalue weighted by molar-refractivity contribution is 6.34. The Morgan fingerprint density at radius 3 is 2.45 bits per heavy atom. The van der Waals surface area contributed by atoms with Gasteiger partial charge in [-0.15, -0.1) is 5.10 Å². The number of amides is 1. The molecular weight excluding hydrogens is 420 g/mol. The number of nitrogens with one attached hydrogen (secondary N) is 2. The molecule has 0 radical (unpaired) electrons. The zero-order valence-electron chi connectivity index (χ0n) is 16.4. The van der Waals surface area contributed by atoms with Gasteiger partial charge in [-0.2, -0.15) is 5.10 Å². The van der Waals surface area contributed by atoms with Crippen LogP contribution in [0.5, 0.6) is 0 Å². The Morgan fingerprint density at radius 1 is 1.06 bits per heavy atom. The first-order valence-corrected chi connectivity index (χ1v) is 10.1. The van der Waals surface area contributed by atoms with Crippen molar-refractivity contribution in [3.8, 4) is 0 Å². The highest BCUT2D eigenvalue weighted by atomic mass is 35.5. The van der Waals surface area contributed by atoms with Gasteiger partial charge < -0.3 is 15.5 Å². The number of anilines is 4. The standard InChI is InChI=1S/C21H19ClN6O3/c22-19-11-16(28(30)31)7-8-18(19)21(29)25-15-5-3-14(4-6-15)24-20-12-17(13-23-26-20)27-9-1-2-10-27/h3-8,11-13H,1-2,9-10H2,(H,24,26)(H,25,29). The molecule has 0 unspecified atom stereocenters. The second-order valence-electron chi connectivity index (χ2n) is 7.07. The summed E-state index contributed by atoms with van der Waals surface area (Å²) in [6.07, 6.45) is 4.13. The van der Waals surface area contributed by atoms with E-state index in [0.29, 0.717) is 11.5 Å². The van der Waals surface area contributed by atoms with E-state index in [-0.39, 0.29) is 16.3 Å². The zero-order chi connectivity index (χ0) is 21.8. The maximum atomic E-state index is 12.5. The molecule has 10 heteroatoms. The highest BCUT2D eigenvalue weighted by Gasteiger charge is 2.16. The summed E-state index contributed by atoms with van der Waals surface area (Å²) in [5, 5.41) is 25.0. The summed E-state index contributed by atoms with van der Waals surface area (Å²) < 4.78 is 0. The molecule has 158 valence electrons. The largest absolute Gasteiger partial charge is 0.370 e. The van der Waals surface area contributed by atoms with E-state index in [0.717, 1.165) is 30.5 Å². The van der Waals surface area contributed by atoms with E-state index in [1.54, 1.807) is 30.5 Å². The molecule has 0 spiro atoms. The molecule has 2 aromatic carbocycles. The quantitative estimate of drug-likeness (QED) is 0.426. The molecule has 4 rings (SSSR count). The molecule has 0 saturated carbocycles. The lowest BCUT2D eigenvalue weighted by Gasteiger charge is -2.17. The number of rotatable bonds is 6. The molecule has 1 aliphatic rings. The Morgan fingerprint density at radius 2 is 1.77 bits per heavy atom. The van der Waals surface area contributed by atoms with Crippen LogP contribution >= 0.6 is 11.6 Å². The molecule has 1 amide bonds. The van der Waals surface area contributed by atoms with Crippen LogP contribution in [0, 0.1) is 10.1 Å². The van der Waals surface area contributed by atoms with Gasteiger partial charge in [0.25, 0.3) is 11.6 Å². The molecule has 3 aromatic rings. The van der Waals surface area contributed by atoms with Crippen LogP contribution in [0.2, 0.25) is 5.02 Å². The van der Waals surface area contributed by atoms with Gasteiger partial charge in [0.2, 0.25) is 0 Å². The van der Waals surface area contributed by atoms with E-state index in [1.807, 2.05) is 6.07 Å². The summed E-state index contributed by atoms with van der Waals surface area (Å²) in [4.78, 5) is 25.0. The molecule has 31 heavy (non-hydrogen) atoms. The third-order valence-corrected chi connectivity index (χ3v) is 5.25. The molecule has 1 aromatic heterocycles. The molecule has 9 nitrogen and oxygen atoms in total. The fraction of sp³-hybridized carbons (Fsp3) is 0.190. The summed E-state index contributed by atoms with van der Waals surface area (Å²) in [6.45, 7) is 2.05. The molecule has 0 atom stereocenters. The molecule has 1 aliphatic heterocycles. The van der Waals surface area contributed by atoms with Gasteiger partial charge in [0, 0.05) is 42.7 Å². The van der Waals surface area contributed by atoms with Crippen LogP contribution in [-0.4, -0.2) is 34.1 Å². The minimum Gasteiger partial charge on any atom is -0.370 e. The van der Waals surface area contributed by atoms with Crippen molar-refractivity contribution in [1.29, 1.82) is 0 Å². The lowest BCUT2D eigenvalue weighted by Crippen LogP contribution is -2.18. The number of benzene rings is 2. The summed E-state index contributed by atoms with van der Waals surface area (Å²) >= 11 is 6.02. The third kappa shape index (κ3) is 4.89. The van der Waals surface area contributed by atoms with Crippen molar-refractivity contribution >= 4 is 46.1 Å². The van der Waals surface area contributed by atoms with E-state index in [1.165, 1.54) is 25.0 Å². The molecular formula is C21H19ClN6O3. The Hall–Kier alpha value is -3.72. The van der Waals surface area contributed by atoms with E-state index < -0.39 is 10.8 Å². The van der Waals surface area contributed by atoms with Gasteiger partial charge in [-0.05, 0) is 43.2 Å². The number of hydrogen-bond acceptors (Lipinski definition) is 7. The van der Waals surface area contributed by atoms with Crippen LogP contribution in [0.25, 0.3) is 0 Å². The molecule has 2 heterocycles. The molecule has 2 N–H and O–H groups in total. The summed E-state index contributed by atoms with van der Waals surface area (Å²) in [7, 11) is 0. The summed E-state index contributed by atoms with van der Waals surface area (Å²) in [5.74, 6) is 0.184. The number of non-ortho nitro benzene ring substituents is 1. The first-order chi connectivity index (χ1) is 15.0. The number of carbonyl (C=O) groups excluding carboxylic acids is 1. The minimum atomic E-state index is -0.565. The molecule has 0 aliphatic carbocycles. The number of hydrogen-bond donors (Lipinski definition) is 2. The van der Waals surface area contributed by atoms with Crippen molar-refractivity contribution in [3.05, 3.63) is 75.4 Å². The second-order valence-corrected chi connectivity index (χ2v) is 7.48. The SMILES string of the molecule is O=C(Nc1ccc(Nc2cc(N3CCCC3)cnn2)cc1)c1ccc([N+](=O)[O-])cc1Cl. The van der Waals surface area contributed by atoms with Gasteiger partial charge in [-0.1, -0.05) is 11.6 Å². The van der Waals surface area contributed by atoms with Crippen molar-refractivity contribution < 1.29 is 9.72 Å². The maximum absolute atomic E-state index is 12.5. The number of carbonyl (C=O) groups is 1. The van der Waals surface area contributed by atoms with Crippen molar-refractivity contribution in [1.82, 2.24) is 10.2 Å². The molecule has 0 bridgehead atoms. The lowest BCUT2D eigenvalue weighted by atomic mass is 10.2. The first-order valence-electron chi connectivity index (χ1n) is 9.70. The third-order valence-electron chi connectivity index (χ3n) is 4.93. The smallest absolute Gasteiger partial charge is 0.270 e. The number of nitrogens with zero attached hydrogens (tertiary/aromatic N) is 4.